The molecule has 1 aliphatic rings. The molecule has 0 radical (unpaired) electrons. The van der Waals surface area contributed by atoms with Crippen molar-refractivity contribution in [3.8, 4) is 0 Å². The lowest BCUT2D eigenvalue weighted by atomic mass is 9.82. The molecular formula is C9H18N2O2. The molecule has 1 rings (SSSR count). The Hall–Kier alpha value is -0.610. The number of ether oxygens (including phenoxy) is 1. The lowest BCUT2D eigenvalue weighted by Crippen LogP contribution is -2.41. The van der Waals surface area contributed by atoms with Gasteiger partial charge in [0.05, 0.1) is 6.61 Å². The van der Waals surface area contributed by atoms with Gasteiger partial charge in [-0.1, -0.05) is 6.92 Å². The molecule has 0 aromatic carbocycles. The highest BCUT2D eigenvalue weighted by atomic mass is 16.5. The number of hydrogen-bond donors (Lipinski definition) is 2. The van der Waals surface area contributed by atoms with Crippen molar-refractivity contribution in [3.05, 3.63) is 0 Å². The Bertz CT molecular complexity index is 167. The molecule has 1 saturated carbocycles. The van der Waals surface area contributed by atoms with Crippen LogP contribution in [0.4, 0.5) is 0 Å². The van der Waals surface area contributed by atoms with E-state index in [1.54, 1.807) is 0 Å². The first-order chi connectivity index (χ1) is 6.18. The highest BCUT2D eigenvalue weighted by Gasteiger charge is 2.23. The van der Waals surface area contributed by atoms with Gasteiger partial charge in [-0.05, 0) is 18.8 Å². The Morgan fingerprint density at radius 3 is 2.85 bits per heavy atom. The van der Waals surface area contributed by atoms with Crippen molar-refractivity contribution in [2.45, 2.75) is 25.8 Å². The Morgan fingerprint density at radius 2 is 2.31 bits per heavy atom. The van der Waals surface area contributed by atoms with E-state index in [1.807, 2.05) is 0 Å². The fraction of sp³-hybridized carbons (Fsp3) is 0.889. The van der Waals surface area contributed by atoms with Crippen molar-refractivity contribution >= 4 is 5.91 Å². The van der Waals surface area contributed by atoms with Crippen molar-refractivity contribution in [1.29, 1.82) is 0 Å². The third-order valence-electron chi connectivity index (χ3n) is 2.30. The van der Waals surface area contributed by atoms with Gasteiger partial charge in [-0.25, -0.2) is 0 Å². The second-order valence-corrected chi connectivity index (χ2v) is 3.75. The van der Waals surface area contributed by atoms with Crippen molar-refractivity contribution in [1.82, 2.24) is 5.32 Å². The summed E-state index contributed by atoms with van der Waals surface area (Å²) in [7, 11) is 0. The summed E-state index contributed by atoms with van der Waals surface area (Å²) in [5.74, 6) is 0.460. The molecule has 13 heavy (non-hydrogen) atoms. The second kappa shape index (κ2) is 5.19. The van der Waals surface area contributed by atoms with Gasteiger partial charge in [0, 0.05) is 12.6 Å². The smallest absolute Gasteiger partial charge is 0.243 e. The van der Waals surface area contributed by atoms with Gasteiger partial charge in [0.2, 0.25) is 5.91 Å². The fourth-order valence-corrected chi connectivity index (χ4v) is 1.58. The molecule has 0 unspecified atom stereocenters. The van der Waals surface area contributed by atoms with Crippen LogP contribution in [-0.2, 0) is 9.53 Å². The van der Waals surface area contributed by atoms with E-state index >= 15 is 0 Å². The number of primary amides is 1. The monoisotopic (exact) mass is 186 g/mol. The zero-order chi connectivity index (χ0) is 9.68. The van der Waals surface area contributed by atoms with Crippen molar-refractivity contribution in [3.63, 3.8) is 0 Å². The third kappa shape index (κ3) is 4.24. The summed E-state index contributed by atoms with van der Waals surface area (Å²) in [6, 6.07) is 0.659. The first-order valence-electron chi connectivity index (χ1n) is 4.78. The molecule has 0 spiro atoms. The number of nitrogens with two attached hydrogens (primary N) is 1. The maximum absolute atomic E-state index is 10.3. The highest BCUT2D eigenvalue weighted by molar-refractivity contribution is 5.74. The van der Waals surface area contributed by atoms with E-state index in [2.05, 4.69) is 12.2 Å². The Kier molecular flexibility index (Phi) is 4.18. The average molecular weight is 186 g/mol. The molecule has 3 N–H and O–H groups in total. The van der Waals surface area contributed by atoms with E-state index in [1.165, 1.54) is 12.8 Å². The van der Waals surface area contributed by atoms with Crippen LogP contribution in [-0.4, -0.2) is 31.7 Å². The molecule has 1 aliphatic carbocycles. The van der Waals surface area contributed by atoms with E-state index in [9.17, 15) is 4.79 Å². The molecule has 0 heterocycles. The molecule has 0 aromatic heterocycles. The first kappa shape index (κ1) is 10.5. The number of nitrogens with one attached hydrogen (secondary N) is 1. The van der Waals surface area contributed by atoms with Crippen LogP contribution in [0.25, 0.3) is 0 Å². The molecule has 4 heteroatoms. The van der Waals surface area contributed by atoms with Crippen LogP contribution in [0, 0.1) is 5.92 Å². The molecule has 0 atom stereocenters. The van der Waals surface area contributed by atoms with Gasteiger partial charge in [0.25, 0.3) is 0 Å². The summed E-state index contributed by atoms with van der Waals surface area (Å²) in [5, 5.41) is 3.35. The van der Waals surface area contributed by atoms with Crippen LogP contribution in [0.5, 0.6) is 0 Å². The Labute approximate surface area is 78.8 Å². The maximum Gasteiger partial charge on any atom is 0.243 e. The standard InChI is InChI=1S/C9H18N2O2/c1-7-4-8(5-7)11-2-3-13-6-9(10)12/h7-8,11H,2-6H2,1H3,(H2,10,12). The molecule has 4 nitrogen and oxygen atoms in total. The number of amides is 1. The topological polar surface area (TPSA) is 64.3 Å². The molecule has 0 aromatic rings. The summed E-state index contributed by atoms with van der Waals surface area (Å²) in [5.41, 5.74) is 4.91. The minimum Gasteiger partial charge on any atom is -0.370 e. The van der Waals surface area contributed by atoms with Gasteiger partial charge in [-0.2, -0.15) is 0 Å². The van der Waals surface area contributed by atoms with Crippen LogP contribution >= 0.6 is 0 Å². The van der Waals surface area contributed by atoms with Crippen LogP contribution < -0.4 is 11.1 Å². The first-order valence-corrected chi connectivity index (χ1v) is 4.78. The van der Waals surface area contributed by atoms with Gasteiger partial charge < -0.3 is 15.8 Å². The predicted octanol–water partition coefficient (Wildman–Crippen LogP) is -0.124. The summed E-state index contributed by atoms with van der Waals surface area (Å²) >= 11 is 0. The molecule has 1 fully saturated rings. The lowest BCUT2D eigenvalue weighted by Gasteiger charge is -2.33. The summed E-state index contributed by atoms with van der Waals surface area (Å²) in [4.78, 5) is 10.3. The normalized spacial score (nSPS) is 26.8. The fourth-order valence-electron chi connectivity index (χ4n) is 1.58. The van der Waals surface area contributed by atoms with Crippen LogP contribution in [0.3, 0.4) is 0 Å². The van der Waals surface area contributed by atoms with Gasteiger partial charge in [-0.15, -0.1) is 0 Å². The van der Waals surface area contributed by atoms with Gasteiger partial charge in [-0.3, -0.25) is 4.79 Å². The third-order valence-corrected chi connectivity index (χ3v) is 2.30. The van der Waals surface area contributed by atoms with E-state index in [-0.39, 0.29) is 6.61 Å². The highest BCUT2D eigenvalue weighted by Crippen LogP contribution is 2.25. The van der Waals surface area contributed by atoms with Crippen LogP contribution in [0.15, 0.2) is 0 Å². The number of carbonyl (C=O) groups excluding carboxylic acids is 1. The van der Waals surface area contributed by atoms with Crippen LogP contribution in [0.1, 0.15) is 19.8 Å². The van der Waals surface area contributed by atoms with Crippen molar-refractivity contribution < 1.29 is 9.53 Å². The maximum atomic E-state index is 10.3. The van der Waals surface area contributed by atoms with Crippen molar-refractivity contribution in [2.24, 2.45) is 11.7 Å². The van der Waals surface area contributed by atoms with E-state index in [0.717, 1.165) is 12.5 Å². The van der Waals surface area contributed by atoms with E-state index in [0.29, 0.717) is 12.6 Å². The number of carbonyl (C=O) groups is 1. The zero-order valence-corrected chi connectivity index (χ0v) is 8.08. The second-order valence-electron chi connectivity index (χ2n) is 3.75. The Balaban J connectivity index is 1.82. The molecule has 0 aliphatic heterocycles. The van der Waals surface area contributed by atoms with Gasteiger partial charge >= 0.3 is 0 Å². The summed E-state index contributed by atoms with van der Waals surface area (Å²) < 4.78 is 5.00. The van der Waals surface area contributed by atoms with E-state index in [4.69, 9.17) is 10.5 Å². The molecule has 0 saturated heterocycles. The van der Waals surface area contributed by atoms with Gasteiger partial charge in [0.15, 0.2) is 0 Å². The zero-order valence-electron chi connectivity index (χ0n) is 8.08. The summed E-state index contributed by atoms with van der Waals surface area (Å²) in [6.45, 7) is 3.66. The molecule has 1 amide bonds. The minimum absolute atomic E-state index is 0.0305. The van der Waals surface area contributed by atoms with Gasteiger partial charge in [0.1, 0.15) is 6.61 Å². The van der Waals surface area contributed by atoms with Crippen molar-refractivity contribution in [2.75, 3.05) is 19.8 Å². The minimum atomic E-state index is -0.405. The van der Waals surface area contributed by atoms with Crippen LogP contribution in [0.2, 0.25) is 0 Å². The molecule has 0 bridgehead atoms. The number of rotatable bonds is 6. The summed E-state index contributed by atoms with van der Waals surface area (Å²) in [6.07, 6.45) is 2.52. The van der Waals surface area contributed by atoms with E-state index < -0.39 is 5.91 Å². The Morgan fingerprint density at radius 1 is 1.62 bits per heavy atom. The molecule has 76 valence electrons. The molecular weight excluding hydrogens is 168 g/mol. The quantitative estimate of drug-likeness (QED) is 0.568. The largest absolute Gasteiger partial charge is 0.370 e. The SMILES string of the molecule is CC1CC(NCCOCC(N)=O)C1. The predicted molar refractivity (Wildman–Crippen MR) is 50.2 cm³/mol. The average Bonchev–Trinajstić information content (AvgIpc) is 1.99. The lowest BCUT2D eigenvalue weighted by molar-refractivity contribution is -0.122. The number of hydrogen-bond acceptors (Lipinski definition) is 3.